The minimum atomic E-state index is 0.661. The summed E-state index contributed by atoms with van der Waals surface area (Å²) in [6.07, 6.45) is 10.2. The number of nitrogens with one attached hydrogen (secondary N) is 1. The molecule has 0 amide bonds. The molecular weight excluding hydrogens is 206 g/mol. The van der Waals surface area contributed by atoms with Crippen molar-refractivity contribution in [2.24, 2.45) is 23.2 Å². The Morgan fingerprint density at radius 1 is 1.24 bits per heavy atom. The first-order chi connectivity index (χ1) is 8.23. The molecule has 1 nitrogen and oxygen atoms in total. The average molecular weight is 237 g/mol. The van der Waals surface area contributed by atoms with Crippen LogP contribution in [0.4, 0.5) is 0 Å². The predicted octanol–water partition coefficient (Wildman–Crippen LogP) is 4.23. The van der Waals surface area contributed by atoms with Crippen LogP contribution in [0.1, 0.15) is 65.7 Å². The van der Waals surface area contributed by atoms with Gasteiger partial charge in [0.25, 0.3) is 0 Å². The molecule has 0 aromatic carbocycles. The third-order valence-corrected chi connectivity index (χ3v) is 5.61. The van der Waals surface area contributed by atoms with Crippen LogP contribution in [0.15, 0.2) is 0 Å². The third-order valence-electron chi connectivity index (χ3n) is 5.61. The molecule has 4 atom stereocenters. The maximum absolute atomic E-state index is 3.74. The van der Waals surface area contributed by atoms with Crippen molar-refractivity contribution in [2.45, 2.75) is 65.7 Å². The van der Waals surface area contributed by atoms with Crippen molar-refractivity contribution in [3.63, 3.8) is 0 Å². The molecule has 2 rings (SSSR count). The van der Waals surface area contributed by atoms with Gasteiger partial charge in [-0.1, -0.05) is 40.0 Å². The van der Waals surface area contributed by atoms with E-state index in [-0.39, 0.29) is 0 Å². The van der Waals surface area contributed by atoms with Crippen LogP contribution in [0.2, 0.25) is 0 Å². The van der Waals surface area contributed by atoms with E-state index < -0.39 is 0 Å². The second kappa shape index (κ2) is 5.73. The van der Waals surface area contributed by atoms with Crippen LogP contribution < -0.4 is 5.32 Å². The molecule has 2 saturated carbocycles. The highest BCUT2D eigenvalue weighted by Crippen LogP contribution is 2.59. The minimum absolute atomic E-state index is 0.661. The maximum Gasteiger partial charge on any atom is 0.00131 e. The summed E-state index contributed by atoms with van der Waals surface area (Å²) in [7, 11) is 0. The van der Waals surface area contributed by atoms with Crippen molar-refractivity contribution in [2.75, 3.05) is 13.1 Å². The second-order valence-corrected chi connectivity index (χ2v) is 6.68. The van der Waals surface area contributed by atoms with Crippen molar-refractivity contribution in [3.8, 4) is 0 Å². The van der Waals surface area contributed by atoms with E-state index in [0.29, 0.717) is 5.41 Å². The molecule has 1 heteroatoms. The van der Waals surface area contributed by atoms with Gasteiger partial charge in [-0.25, -0.2) is 0 Å². The van der Waals surface area contributed by atoms with Gasteiger partial charge < -0.3 is 5.32 Å². The summed E-state index contributed by atoms with van der Waals surface area (Å²) in [6.45, 7) is 9.64. The van der Waals surface area contributed by atoms with Gasteiger partial charge in [0.05, 0.1) is 0 Å². The Morgan fingerprint density at radius 2 is 2.06 bits per heavy atom. The first kappa shape index (κ1) is 13.4. The summed E-state index contributed by atoms with van der Waals surface area (Å²) in [5.74, 6) is 3.04. The van der Waals surface area contributed by atoms with E-state index in [1.807, 2.05) is 0 Å². The van der Waals surface area contributed by atoms with Crippen LogP contribution in [0.25, 0.3) is 0 Å². The van der Waals surface area contributed by atoms with Gasteiger partial charge in [0.2, 0.25) is 0 Å². The van der Waals surface area contributed by atoms with Gasteiger partial charge in [0.15, 0.2) is 0 Å². The quantitative estimate of drug-likeness (QED) is 0.653. The SMILES string of the molecule is CCCNCC1(C(C)CCC)CC2CCC1C2. The topological polar surface area (TPSA) is 12.0 Å². The fourth-order valence-corrected chi connectivity index (χ4v) is 4.70. The minimum Gasteiger partial charge on any atom is -0.316 e. The van der Waals surface area contributed by atoms with Gasteiger partial charge in [-0.2, -0.15) is 0 Å². The molecule has 100 valence electrons. The van der Waals surface area contributed by atoms with Crippen molar-refractivity contribution < 1.29 is 0 Å². The van der Waals surface area contributed by atoms with Crippen molar-refractivity contribution in [1.82, 2.24) is 5.32 Å². The number of rotatable bonds is 7. The highest BCUT2D eigenvalue weighted by atomic mass is 14.9. The van der Waals surface area contributed by atoms with Crippen LogP contribution in [0.5, 0.6) is 0 Å². The maximum atomic E-state index is 3.74. The van der Waals surface area contributed by atoms with Gasteiger partial charge >= 0.3 is 0 Å². The summed E-state index contributed by atoms with van der Waals surface area (Å²) >= 11 is 0. The molecule has 0 heterocycles. The standard InChI is InChI=1S/C16H31N/c1-4-6-13(3)16(12-17-9-5-2)11-14-7-8-15(16)10-14/h13-15,17H,4-12H2,1-3H3. The van der Waals surface area contributed by atoms with E-state index in [4.69, 9.17) is 0 Å². The second-order valence-electron chi connectivity index (χ2n) is 6.68. The lowest BCUT2D eigenvalue weighted by atomic mass is 9.64. The molecule has 2 aliphatic carbocycles. The summed E-state index contributed by atoms with van der Waals surface area (Å²) in [5, 5.41) is 3.74. The highest BCUT2D eigenvalue weighted by Gasteiger charge is 2.52. The fourth-order valence-electron chi connectivity index (χ4n) is 4.70. The number of hydrogen-bond acceptors (Lipinski definition) is 1. The Kier molecular flexibility index (Phi) is 4.52. The molecule has 2 fully saturated rings. The molecule has 1 N–H and O–H groups in total. The fraction of sp³-hybridized carbons (Fsp3) is 1.00. The van der Waals surface area contributed by atoms with E-state index in [1.54, 1.807) is 6.42 Å². The lowest BCUT2D eigenvalue weighted by molar-refractivity contribution is 0.0769. The van der Waals surface area contributed by atoms with Crippen molar-refractivity contribution >= 4 is 0 Å². The molecule has 0 aromatic heterocycles. The zero-order chi connectivity index (χ0) is 12.3. The lowest BCUT2D eigenvalue weighted by Gasteiger charge is -2.43. The van der Waals surface area contributed by atoms with Crippen LogP contribution in [0.3, 0.4) is 0 Å². The molecule has 2 aliphatic rings. The Labute approximate surface area is 108 Å². The van der Waals surface area contributed by atoms with Crippen LogP contribution in [-0.2, 0) is 0 Å². The molecule has 0 spiro atoms. The summed E-state index contributed by atoms with van der Waals surface area (Å²) in [5.41, 5.74) is 0.661. The van der Waals surface area contributed by atoms with Crippen LogP contribution in [-0.4, -0.2) is 13.1 Å². The molecule has 0 aliphatic heterocycles. The third kappa shape index (κ3) is 2.54. The Bertz CT molecular complexity index is 238. The summed E-state index contributed by atoms with van der Waals surface area (Å²) in [6, 6.07) is 0. The first-order valence-corrected chi connectivity index (χ1v) is 7.93. The normalized spacial score (nSPS) is 37.6. The van der Waals surface area contributed by atoms with E-state index in [9.17, 15) is 0 Å². The molecular formula is C16H31N. The molecule has 2 bridgehead atoms. The Balaban J connectivity index is 2.01. The monoisotopic (exact) mass is 237 g/mol. The zero-order valence-corrected chi connectivity index (χ0v) is 12.1. The van der Waals surface area contributed by atoms with Crippen LogP contribution in [0, 0.1) is 23.2 Å². The molecule has 0 aromatic rings. The largest absolute Gasteiger partial charge is 0.316 e. The predicted molar refractivity (Wildman–Crippen MR) is 75.1 cm³/mol. The lowest BCUT2D eigenvalue weighted by Crippen LogP contribution is -2.43. The Hall–Kier alpha value is -0.0400. The first-order valence-electron chi connectivity index (χ1n) is 7.93. The molecule has 17 heavy (non-hydrogen) atoms. The van der Waals surface area contributed by atoms with Crippen LogP contribution >= 0.6 is 0 Å². The van der Waals surface area contributed by atoms with E-state index >= 15 is 0 Å². The van der Waals surface area contributed by atoms with E-state index in [0.717, 1.165) is 17.8 Å². The van der Waals surface area contributed by atoms with Crippen molar-refractivity contribution in [3.05, 3.63) is 0 Å². The number of hydrogen-bond donors (Lipinski definition) is 1. The van der Waals surface area contributed by atoms with Crippen molar-refractivity contribution in [1.29, 1.82) is 0 Å². The van der Waals surface area contributed by atoms with Gasteiger partial charge in [0, 0.05) is 6.54 Å². The summed E-state index contributed by atoms with van der Waals surface area (Å²) in [4.78, 5) is 0. The average Bonchev–Trinajstić information content (AvgIpc) is 2.90. The summed E-state index contributed by atoms with van der Waals surface area (Å²) < 4.78 is 0. The number of fused-ring (bicyclic) bond motifs is 2. The highest BCUT2D eigenvalue weighted by molar-refractivity contribution is 5.03. The van der Waals surface area contributed by atoms with Gasteiger partial charge in [-0.15, -0.1) is 0 Å². The van der Waals surface area contributed by atoms with Gasteiger partial charge in [-0.05, 0) is 55.4 Å². The molecule has 0 saturated heterocycles. The van der Waals surface area contributed by atoms with E-state index in [2.05, 4.69) is 26.1 Å². The molecule has 4 unspecified atom stereocenters. The smallest absolute Gasteiger partial charge is 0.00131 e. The molecule has 0 radical (unpaired) electrons. The Morgan fingerprint density at radius 3 is 2.59 bits per heavy atom. The van der Waals surface area contributed by atoms with E-state index in [1.165, 1.54) is 51.6 Å². The van der Waals surface area contributed by atoms with Gasteiger partial charge in [0.1, 0.15) is 0 Å². The zero-order valence-electron chi connectivity index (χ0n) is 12.1. The van der Waals surface area contributed by atoms with Gasteiger partial charge in [-0.3, -0.25) is 0 Å².